The minimum atomic E-state index is -0.457. The molecule has 5 nitrogen and oxygen atoms in total. The molecule has 0 heterocycles. The van der Waals surface area contributed by atoms with Crippen LogP contribution in [-0.2, 0) is 20.7 Å². The van der Waals surface area contributed by atoms with Gasteiger partial charge in [0.15, 0.2) is 6.61 Å². The predicted octanol–water partition coefficient (Wildman–Crippen LogP) is 3.38. The first-order chi connectivity index (χ1) is 11.5. The molecule has 24 heavy (non-hydrogen) atoms. The summed E-state index contributed by atoms with van der Waals surface area (Å²) in [7, 11) is 1.51. The van der Waals surface area contributed by atoms with E-state index in [0.717, 1.165) is 11.1 Å². The lowest BCUT2D eigenvalue weighted by atomic mass is 10.1. The quantitative estimate of drug-likeness (QED) is 0.813. The smallest absolute Gasteiger partial charge is 0.310 e. The molecule has 0 spiro atoms. The highest BCUT2D eigenvalue weighted by atomic mass is 35.5. The third-order valence-corrected chi connectivity index (χ3v) is 3.56. The molecule has 0 radical (unpaired) electrons. The van der Waals surface area contributed by atoms with Gasteiger partial charge in [-0.2, -0.15) is 0 Å². The first-order valence-corrected chi connectivity index (χ1v) is 7.70. The van der Waals surface area contributed by atoms with Crippen LogP contribution in [0.5, 0.6) is 5.75 Å². The summed E-state index contributed by atoms with van der Waals surface area (Å²) in [6.45, 7) is 1.62. The molecule has 0 atom stereocenters. The molecule has 126 valence electrons. The Labute approximate surface area is 145 Å². The average Bonchev–Trinajstić information content (AvgIpc) is 2.55. The molecule has 0 saturated heterocycles. The van der Waals surface area contributed by atoms with Crippen LogP contribution in [0.1, 0.15) is 11.1 Å². The first-order valence-electron chi connectivity index (χ1n) is 7.32. The Morgan fingerprint density at radius 2 is 1.83 bits per heavy atom. The summed E-state index contributed by atoms with van der Waals surface area (Å²) in [6.07, 6.45) is 0.127. The molecule has 0 aliphatic rings. The van der Waals surface area contributed by atoms with Crippen LogP contribution < -0.4 is 10.1 Å². The number of anilines is 1. The lowest BCUT2D eigenvalue weighted by Gasteiger charge is -2.09. The normalized spacial score (nSPS) is 10.1. The lowest BCUT2D eigenvalue weighted by Crippen LogP contribution is -2.21. The molecule has 0 aromatic heterocycles. The van der Waals surface area contributed by atoms with Crippen molar-refractivity contribution < 1.29 is 19.1 Å². The van der Waals surface area contributed by atoms with E-state index in [1.54, 1.807) is 18.2 Å². The van der Waals surface area contributed by atoms with Crippen molar-refractivity contribution >= 4 is 29.2 Å². The molecule has 1 amide bonds. The van der Waals surface area contributed by atoms with Crippen molar-refractivity contribution in [2.75, 3.05) is 19.0 Å². The van der Waals surface area contributed by atoms with Gasteiger partial charge in [0.05, 0.1) is 18.6 Å². The van der Waals surface area contributed by atoms with E-state index >= 15 is 0 Å². The van der Waals surface area contributed by atoms with E-state index in [0.29, 0.717) is 16.5 Å². The Balaban J connectivity index is 1.81. The summed E-state index contributed by atoms with van der Waals surface area (Å²) < 4.78 is 10.0. The molecule has 0 aliphatic carbocycles. The second-order valence-corrected chi connectivity index (χ2v) is 5.63. The number of ether oxygens (including phenoxy) is 2. The number of carbonyl (C=O) groups excluding carboxylic acids is 2. The van der Waals surface area contributed by atoms with Crippen molar-refractivity contribution in [2.24, 2.45) is 0 Å². The Morgan fingerprint density at radius 1 is 1.12 bits per heavy atom. The monoisotopic (exact) mass is 347 g/mol. The van der Waals surface area contributed by atoms with Crippen molar-refractivity contribution in [3.8, 4) is 5.75 Å². The molecule has 0 aliphatic heterocycles. The summed E-state index contributed by atoms with van der Waals surface area (Å²) >= 11 is 5.98. The van der Waals surface area contributed by atoms with E-state index < -0.39 is 11.9 Å². The number of nitrogens with one attached hydrogen (secondary N) is 1. The molecule has 2 rings (SSSR count). The fourth-order valence-corrected chi connectivity index (χ4v) is 2.27. The van der Waals surface area contributed by atoms with Crippen molar-refractivity contribution in [1.82, 2.24) is 0 Å². The Kier molecular flexibility index (Phi) is 6.21. The van der Waals surface area contributed by atoms with Gasteiger partial charge in [-0.3, -0.25) is 9.59 Å². The molecular weight excluding hydrogens is 330 g/mol. The molecule has 2 aromatic rings. The third-order valence-electron chi connectivity index (χ3n) is 3.27. The molecule has 0 fully saturated rings. The van der Waals surface area contributed by atoms with E-state index in [-0.39, 0.29) is 13.0 Å². The van der Waals surface area contributed by atoms with Gasteiger partial charge >= 0.3 is 5.97 Å². The van der Waals surface area contributed by atoms with Crippen LogP contribution in [0, 0.1) is 6.92 Å². The van der Waals surface area contributed by atoms with E-state index in [1.807, 2.05) is 31.2 Å². The fourth-order valence-electron chi connectivity index (χ4n) is 2.01. The highest BCUT2D eigenvalue weighted by Crippen LogP contribution is 2.27. The summed E-state index contributed by atoms with van der Waals surface area (Å²) in [5.74, 6) is -0.380. The summed E-state index contributed by atoms with van der Waals surface area (Å²) in [6, 6.07) is 12.4. The Hall–Kier alpha value is -2.53. The lowest BCUT2D eigenvalue weighted by molar-refractivity contribution is -0.146. The predicted molar refractivity (Wildman–Crippen MR) is 92.5 cm³/mol. The van der Waals surface area contributed by atoms with Crippen molar-refractivity contribution in [3.63, 3.8) is 0 Å². The Morgan fingerprint density at radius 3 is 2.46 bits per heavy atom. The number of halogens is 1. The highest BCUT2D eigenvalue weighted by Gasteiger charge is 2.10. The zero-order valence-electron chi connectivity index (χ0n) is 13.5. The van der Waals surface area contributed by atoms with Gasteiger partial charge in [0, 0.05) is 5.69 Å². The van der Waals surface area contributed by atoms with Crippen LogP contribution in [0.2, 0.25) is 5.02 Å². The average molecular weight is 348 g/mol. The maximum Gasteiger partial charge on any atom is 0.310 e. The zero-order valence-corrected chi connectivity index (χ0v) is 14.2. The zero-order chi connectivity index (χ0) is 17.5. The first kappa shape index (κ1) is 17.8. The van der Waals surface area contributed by atoms with Gasteiger partial charge in [0.2, 0.25) is 0 Å². The largest absolute Gasteiger partial charge is 0.495 e. The topological polar surface area (TPSA) is 64.6 Å². The summed E-state index contributed by atoms with van der Waals surface area (Å²) in [4.78, 5) is 23.6. The number of esters is 1. The second kappa shape index (κ2) is 8.36. The van der Waals surface area contributed by atoms with Crippen molar-refractivity contribution in [1.29, 1.82) is 0 Å². The van der Waals surface area contributed by atoms with Crippen LogP contribution in [0.4, 0.5) is 5.69 Å². The molecule has 1 N–H and O–H groups in total. The third kappa shape index (κ3) is 5.28. The van der Waals surface area contributed by atoms with Gasteiger partial charge in [-0.1, -0.05) is 41.4 Å². The van der Waals surface area contributed by atoms with E-state index in [2.05, 4.69) is 5.32 Å². The minimum absolute atomic E-state index is 0.127. The SMILES string of the molecule is COc1ccc(NC(=O)COC(=O)Cc2ccc(C)cc2)cc1Cl. The van der Waals surface area contributed by atoms with Crippen LogP contribution >= 0.6 is 11.6 Å². The number of aryl methyl sites for hydroxylation is 1. The minimum Gasteiger partial charge on any atom is -0.495 e. The van der Waals surface area contributed by atoms with E-state index in [1.165, 1.54) is 7.11 Å². The van der Waals surface area contributed by atoms with Crippen LogP contribution in [-0.4, -0.2) is 25.6 Å². The number of rotatable bonds is 6. The van der Waals surface area contributed by atoms with Gasteiger partial charge in [0.1, 0.15) is 5.75 Å². The number of hydrogen-bond donors (Lipinski definition) is 1. The van der Waals surface area contributed by atoms with Crippen molar-refractivity contribution in [3.05, 3.63) is 58.6 Å². The summed E-state index contributed by atoms with van der Waals surface area (Å²) in [5.41, 5.74) is 2.46. The second-order valence-electron chi connectivity index (χ2n) is 5.22. The van der Waals surface area contributed by atoms with Crippen molar-refractivity contribution in [2.45, 2.75) is 13.3 Å². The van der Waals surface area contributed by atoms with E-state index in [9.17, 15) is 9.59 Å². The molecule has 2 aromatic carbocycles. The van der Waals surface area contributed by atoms with Gasteiger partial charge in [-0.05, 0) is 30.7 Å². The molecule has 0 unspecified atom stereocenters. The standard InChI is InChI=1S/C18H18ClNO4/c1-12-3-5-13(6-4-12)9-18(22)24-11-17(21)20-14-7-8-16(23-2)15(19)10-14/h3-8,10H,9,11H2,1-2H3,(H,20,21). The van der Waals surface area contributed by atoms with E-state index in [4.69, 9.17) is 21.1 Å². The number of carbonyl (C=O) groups is 2. The fraction of sp³-hybridized carbons (Fsp3) is 0.222. The van der Waals surface area contributed by atoms with Gasteiger partial charge in [-0.15, -0.1) is 0 Å². The van der Waals surface area contributed by atoms with Gasteiger partial charge < -0.3 is 14.8 Å². The summed E-state index contributed by atoms with van der Waals surface area (Å²) in [5, 5.41) is 2.99. The van der Waals surface area contributed by atoms with Gasteiger partial charge in [0.25, 0.3) is 5.91 Å². The Bertz CT molecular complexity index is 728. The maximum absolute atomic E-state index is 11.8. The van der Waals surface area contributed by atoms with Gasteiger partial charge in [-0.25, -0.2) is 0 Å². The molecule has 0 bridgehead atoms. The van der Waals surface area contributed by atoms with Crippen LogP contribution in [0.25, 0.3) is 0 Å². The maximum atomic E-state index is 11.8. The molecular formula is C18H18ClNO4. The number of methoxy groups -OCH3 is 1. The molecule has 6 heteroatoms. The number of hydrogen-bond acceptors (Lipinski definition) is 4. The highest BCUT2D eigenvalue weighted by molar-refractivity contribution is 6.32. The van der Waals surface area contributed by atoms with Crippen LogP contribution in [0.15, 0.2) is 42.5 Å². The molecule has 0 saturated carbocycles. The number of benzene rings is 2. The van der Waals surface area contributed by atoms with Crippen LogP contribution in [0.3, 0.4) is 0 Å². The number of amides is 1.